The lowest BCUT2D eigenvalue weighted by Crippen LogP contribution is -2.12. The summed E-state index contributed by atoms with van der Waals surface area (Å²) in [7, 11) is 2.89. The number of methoxy groups -OCH3 is 2. The van der Waals surface area contributed by atoms with Gasteiger partial charge in [0.25, 0.3) is 0 Å². The van der Waals surface area contributed by atoms with E-state index in [4.69, 9.17) is 19.9 Å². The van der Waals surface area contributed by atoms with E-state index in [0.717, 1.165) is 0 Å². The molecular formula is C12H18N2O5. The second-order valence-electron chi connectivity index (χ2n) is 3.56. The number of pyridine rings is 1. The lowest BCUT2D eigenvalue weighted by molar-refractivity contribution is 0.0535. The number of rotatable bonds is 8. The normalized spacial score (nSPS) is 10.2. The average molecular weight is 270 g/mol. The van der Waals surface area contributed by atoms with Gasteiger partial charge in [0.1, 0.15) is 6.61 Å². The van der Waals surface area contributed by atoms with Crippen LogP contribution in [-0.2, 0) is 14.2 Å². The van der Waals surface area contributed by atoms with Gasteiger partial charge in [-0.2, -0.15) is 0 Å². The number of carbonyl (C=O) groups is 1. The number of nitrogen functional groups attached to an aromatic ring is 1. The molecule has 2 N–H and O–H groups in total. The predicted octanol–water partition coefficient (Wildman–Crippen LogP) is 0.492. The quantitative estimate of drug-likeness (QED) is 0.542. The molecule has 0 spiro atoms. The Morgan fingerprint density at radius 3 is 2.68 bits per heavy atom. The highest BCUT2D eigenvalue weighted by molar-refractivity contribution is 5.95. The molecule has 0 aliphatic rings. The molecule has 0 atom stereocenters. The standard InChI is InChI=1S/C12H18N2O5/c1-16-3-4-18-5-6-19-11-7-9(12(15)17-2)10(13)8-14-11/h7-8H,3-6,13H2,1-2H3. The van der Waals surface area contributed by atoms with Gasteiger partial charge >= 0.3 is 5.97 Å². The van der Waals surface area contributed by atoms with Crippen LogP contribution in [0.25, 0.3) is 0 Å². The van der Waals surface area contributed by atoms with Gasteiger partial charge in [0.15, 0.2) is 0 Å². The summed E-state index contributed by atoms with van der Waals surface area (Å²) in [6.45, 7) is 1.76. The Morgan fingerprint density at radius 2 is 2.00 bits per heavy atom. The van der Waals surface area contributed by atoms with Crippen molar-refractivity contribution in [2.75, 3.05) is 46.4 Å². The molecule has 1 aromatic heterocycles. The van der Waals surface area contributed by atoms with Crippen molar-refractivity contribution in [2.24, 2.45) is 0 Å². The number of nitrogens with zero attached hydrogens (tertiary/aromatic N) is 1. The molecular weight excluding hydrogens is 252 g/mol. The average Bonchev–Trinajstić information content (AvgIpc) is 2.43. The first kappa shape index (κ1) is 15.2. The minimum absolute atomic E-state index is 0.229. The Balaban J connectivity index is 2.44. The summed E-state index contributed by atoms with van der Waals surface area (Å²) in [5.74, 6) is -0.231. The molecule has 19 heavy (non-hydrogen) atoms. The Hall–Kier alpha value is -1.86. The Morgan fingerprint density at radius 1 is 1.26 bits per heavy atom. The van der Waals surface area contributed by atoms with Crippen LogP contribution in [0.15, 0.2) is 12.3 Å². The molecule has 0 amide bonds. The first-order valence-corrected chi connectivity index (χ1v) is 5.72. The van der Waals surface area contributed by atoms with Gasteiger partial charge in [-0.15, -0.1) is 0 Å². The number of aromatic nitrogens is 1. The second kappa shape index (κ2) is 8.28. The monoisotopic (exact) mass is 270 g/mol. The summed E-state index contributed by atoms with van der Waals surface area (Å²) < 4.78 is 20.0. The fourth-order valence-electron chi connectivity index (χ4n) is 1.26. The summed E-state index contributed by atoms with van der Waals surface area (Å²) >= 11 is 0. The van der Waals surface area contributed by atoms with Crippen molar-refractivity contribution in [3.63, 3.8) is 0 Å². The predicted molar refractivity (Wildman–Crippen MR) is 68.2 cm³/mol. The van der Waals surface area contributed by atoms with Crippen LogP contribution in [0.3, 0.4) is 0 Å². The first-order chi connectivity index (χ1) is 9.19. The molecule has 0 fully saturated rings. The van der Waals surface area contributed by atoms with E-state index in [2.05, 4.69) is 9.72 Å². The molecule has 0 radical (unpaired) electrons. The minimum Gasteiger partial charge on any atom is -0.475 e. The van der Waals surface area contributed by atoms with E-state index in [1.54, 1.807) is 7.11 Å². The van der Waals surface area contributed by atoms with E-state index in [-0.39, 0.29) is 11.3 Å². The third kappa shape index (κ3) is 5.11. The van der Waals surface area contributed by atoms with Crippen molar-refractivity contribution in [1.29, 1.82) is 0 Å². The van der Waals surface area contributed by atoms with Gasteiger partial charge < -0.3 is 24.7 Å². The molecule has 1 aromatic rings. The van der Waals surface area contributed by atoms with Crippen LogP contribution in [0.5, 0.6) is 5.88 Å². The molecule has 0 bridgehead atoms. The van der Waals surface area contributed by atoms with E-state index in [1.165, 1.54) is 19.4 Å². The van der Waals surface area contributed by atoms with Crippen LogP contribution in [0.4, 0.5) is 5.69 Å². The SMILES string of the molecule is COCCOCCOc1cc(C(=O)OC)c(N)cn1. The molecule has 7 heteroatoms. The fourth-order valence-corrected chi connectivity index (χ4v) is 1.26. The molecule has 1 rings (SSSR count). The van der Waals surface area contributed by atoms with Crippen LogP contribution < -0.4 is 10.5 Å². The number of carbonyl (C=O) groups excluding carboxylic acids is 1. The molecule has 0 saturated heterocycles. The maximum absolute atomic E-state index is 11.4. The zero-order valence-corrected chi connectivity index (χ0v) is 11.0. The summed E-state index contributed by atoms with van der Waals surface area (Å²) in [4.78, 5) is 15.4. The molecule has 1 heterocycles. The largest absolute Gasteiger partial charge is 0.475 e. The molecule has 106 valence electrons. The molecule has 0 saturated carbocycles. The maximum Gasteiger partial charge on any atom is 0.340 e. The third-order valence-electron chi connectivity index (χ3n) is 2.22. The highest BCUT2D eigenvalue weighted by Crippen LogP contribution is 2.17. The Bertz CT molecular complexity index is 411. The van der Waals surface area contributed by atoms with Crippen molar-refractivity contribution < 1.29 is 23.7 Å². The van der Waals surface area contributed by atoms with E-state index in [0.29, 0.717) is 32.3 Å². The van der Waals surface area contributed by atoms with Gasteiger partial charge in [-0.25, -0.2) is 9.78 Å². The number of hydrogen-bond donors (Lipinski definition) is 1. The Labute approximate surface area is 111 Å². The van der Waals surface area contributed by atoms with Gasteiger partial charge in [-0.05, 0) is 0 Å². The molecule has 7 nitrogen and oxygen atoms in total. The zero-order chi connectivity index (χ0) is 14.1. The smallest absolute Gasteiger partial charge is 0.340 e. The summed E-state index contributed by atoms with van der Waals surface area (Å²) in [6.07, 6.45) is 1.35. The highest BCUT2D eigenvalue weighted by Gasteiger charge is 2.12. The maximum atomic E-state index is 11.4. The second-order valence-corrected chi connectivity index (χ2v) is 3.56. The highest BCUT2D eigenvalue weighted by atomic mass is 16.5. The van der Waals surface area contributed by atoms with Gasteiger partial charge in [0.05, 0.1) is 44.4 Å². The van der Waals surface area contributed by atoms with E-state index in [9.17, 15) is 4.79 Å². The van der Waals surface area contributed by atoms with Gasteiger partial charge in [0, 0.05) is 13.2 Å². The summed E-state index contributed by atoms with van der Waals surface area (Å²) in [5, 5.41) is 0. The lowest BCUT2D eigenvalue weighted by atomic mass is 10.2. The summed E-state index contributed by atoms with van der Waals surface area (Å²) in [5.41, 5.74) is 6.09. The van der Waals surface area contributed by atoms with Crippen LogP contribution in [-0.4, -0.2) is 51.6 Å². The third-order valence-corrected chi connectivity index (χ3v) is 2.22. The number of nitrogens with two attached hydrogens (primary N) is 1. The van der Waals surface area contributed by atoms with Gasteiger partial charge in [0.2, 0.25) is 5.88 Å². The van der Waals surface area contributed by atoms with E-state index in [1.807, 2.05) is 0 Å². The van der Waals surface area contributed by atoms with Crippen LogP contribution in [0, 0.1) is 0 Å². The fraction of sp³-hybridized carbons (Fsp3) is 0.500. The van der Waals surface area contributed by atoms with Crippen LogP contribution in [0.1, 0.15) is 10.4 Å². The number of hydrogen-bond acceptors (Lipinski definition) is 7. The van der Waals surface area contributed by atoms with Crippen molar-refractivity contribution in [3.8, 4) is 5.88 Å². The van der Waals surface area contributed by atoms with Crippen LogP contribution >= 0.6 is 0 Å². The van der Waals surface area contributed by atoms with Crippen molar-refractivity contribution in [1.82, 2.24) is 4.98 Å². The van der Waals surface area contributed by atoms with Gasteiger partial charge in [-0.3, -0.25) is 0 Å². The molecule has 0 unspecified atom stereocenters. The summed E-state index contributed by atoms with van der Waals surface area (Å²) in [6, 6.07) is 1.44. The topological polar surface area (TPSA) is 92.9 Å². The lowest BCUT2D eigenvalue weighted by Gasteiger charge is -2.08. The molecule has 0 aliphatic heterocycles. The van der Waals surface area contributed by atoms with E-state index >= 15 is 0 Å². The number of esters is 1. The number of anilines is 1. The van der Waals surface area contributed by atoms with Crippen molar-refractivity contribution >= 4 is 11.7 Å². The molecule has 0 aromatic carbocycles. The van der Waals surface area contributed by atoms with Crippen molar-refractivity contribution in [3.05, 3.63) is 17.8 Å². The number of ether oxygens (including phenoxy) is 4. The molecule has 0 aliphatic carbocycles. The van der Waals surface area contributed by atoms with Gasteiger partial charge in [-0.1, -0.05) is 0 Å². The zero-order valence-electron chi connectivity index (χ0n) is 11.0. The van der Waals surface area contributed by atoms with Crippen LogP contribution in [0.2, 0.25) is 0 Å². The van der Waals surface area contributed by atoms with E-state index < -0.39 is 5.97 Å². The Kier molecular flexibility index (Phi) is 6.62. The first-order valence-electron chi connectivity index (χ1n) is 5.72. The minimum atomic E-state index is -0.527. The van der Waals surface area contributed by atoms with Crippen molar-refractivity contribution in [2.45, 2.75) is 0 Å².